The molecule has 1 rings (SSSR count). The van der Waals surface area contributed by atoms with Gasteiger partial charge in [0, 0.05) is 19.6 Å². The van der Waals surface area contributed by atoms with Gasteiger partial charge in [-0.2, -0.15) is 0 Å². The van der Waals surface area contributed by atoms with E-state index in [9.17, 15) is 4.79 Å². The van der Waals surface area contributed by atoms with Crippen molar-refractivity contribution in [3.8, 4) is 0 Å². The highest BCUT2D eigenvalue weighted by Crippen LogP contribution is 2.10. The lowest BCUT2D eigenvalue weighted by molar-refractivity contribution is -0.123. The highest BCUT2D eigenvalue weighted by atomic mass is 16.5. The number of rotatable bonds is 4. The molecule has 0 saturated carbocycles. The number of carbonyl (C=O) groups is 1. The third-order valence-electron chi connectivity index (χ3n) is 2.66. The summed E-state index contributed by atoms with van der Waals surface area (Å²) in [6, 6.07) is 0.334. The molecule has 0 aromatic heterocycles. The van der Waals surface area contributed by atoms with Crippen molar-refractivity contribution in [1.29, 1.82) is 0 Å². The van der Waals surface area contributed by atoms with E-state index in [1.807, 2.05) is 0 Å². The zero-order chi connectivity index (χ0) is 10.4. The van der Waals surface area contributed by atoms with Gasteiger partial charge in [0.2, 0.25) is 5.91 Å². The van der Waals surface area contributed by atoms with Gasteiger partial charge in [0.05, 0.1) is 6.61 Å². The number of nitrogens with one attached hydrogen (secondary N) is 2. The van der Waals surface area contributed by atoms with Crippen LogP contribution in [0.25, 0.3) is 0 Å². The number of piperidine rings is 1. The van der Waals surface area contributed by atoms with Crippen LogP contribution in [0.5, 0.6) is 0 Å². The third-order valence-corrected chi connectivity index (χ3v) is 2.66. The molecule has 1 saturated heterocycles. The molecule has 1 fully saturated rings. The SMILES string of the molecule is COCCC(=O)NC1CCNCC1C. The molecule has 1 aliphatic heterocycles. The molecule has 1 heterocycles. The molecule has 1 amide bonds. The lowest BCUT2D eigenvalue weighted by atomic mass is 9.95. The largest absolute Gasteiger partial charge is 0.384 e. The number of carbonyl (C=O) groups excluding carboxylic acids is 1. The van der Waals surface area contributed by atoms with Crippen LogP contribution in [0.3, 0.4) is 0 Å². The summed E-state index contributed by atoms with van der Waals surface area (Å²) in [6.07, 6.45) is 1.49. The van der Waals surface area contributed by atoms with Crippen molar-refractivity contribution < 1.29 is 9.53 Å². The maximum atomic E-state index is 11.4. The van der Waals surface area contributed by atoms with Gasteiger partial charge in [-0.15, -0.1) is 0 Å². The first-order valence-corrected chi connectivity index (χ1v) is 5.23. The van der Waals surface area contributed by atoms with E-state index in [-0.39, 0.29) is 5.91 Å². The van der Waals surface area contributed by atoms with E-state index >= 15 is 0 Å². The maximum absolute atomic E-state index is 11.4. The molecule has 1 aliphatic rings. The molecular formula is C10H20N2O2. The Balaban J connectivity index is 2.23. The number of hydrogen-bond acceptors (Lipinski definition) is 3. The molecule has 0 aliphatic carbocycles. The second-order valence-corrected chi connectivity index (χ2v) is 3.89. The van der Waals surface area contributed by atoms with Crippen molar-refractivity contribution in [1.82, 2.24) is 10.6 Å². The van der Waals surface area contributed by atoms with Gasteiger partial charge in [0.15, 0.2) is 0 Å². The van der Waals surface area contributed by atoms with Crippen LogP contribution in [-0.2, 0) is 9.53 Å². The second-order valence-electron chi connectivity index (χ2n) is 3.89. The van der Waals surface area contributed by atoms with Gasteiger partial charge in [0.25, 0.3) is 0 Å². The van der Waals surface area contributed by atoms with E-state index in [0.717, 1.165) is 19.5 Å². The van der Waals surface area contributed by atoms with Crippen molar-refractivity contribution in [2.45, 2.75) is 25.8 Å². The molecule has 0 aromatic rings. The average molecular weight is 200 g/mol. The first-order valence-electron chi connectivity index (χ1n) is 5.23. The average Bonchev–Trinajstić information content (AvgIpc) is 2.18. The van der Waals surface area contributed by atoms with Gasteiger partial charge in [-0.1, -0.05) is 6.92 Å². The van der Waals surface area contributed by atoms with Crippen molar-refractivity contribution in [3.63, 3.8) is 0 Å². The van der Waals surface area contributed by atoms with Gasteiger partial charge in [0.1, 0.15) is 0 Å². The van der Waals surface area contributed by atoms with E-state index < -0.39 is 0 Å². The molecule has 14 heavy (non-hydrogen) atoms. The summed E-state index contributed by atoms with van der Waals surface area (Å²) in [6.45, 7) is 4.66. The fourth-order valence-corrected chi connectivity index (χ4v) is 1.70. The summed E-state index contributed by atoms with van der Waals surface area (Å²) in [7, 11) is 1.61. The number of methoxy groups -OCH3 is 1. The van der Waals surface area contributed by atoms with Crippen molar-refractivity contribution in [3.05, 3.63) is 0 Å². The quantitative estimate of drug-likeness (QED) is 0.678. The fraction of sp³-hybridized carbons (Fsp3) is 0.900. The number of hydrogen-bond donors (Lipinski definition) is 2. The molecule has 2 atom stereocenters. The minimum atomic E-state index is 0.102. The number of amides is 1. The number of ether oxygens (including phenoxy) is 1. The molecule has 0 radical (unpaired) electrons. The van der Waals surface area contributed by atoms with E-state index in [0.29, 0.717) is 25.0 Å². The second kappa shape index (κ2) is 5.98. The highest BCUT2D eigenvalue weighted by molar-refractivity contribution is 5.76. The van der Waals surface area contributed by atoms with Gasteiger partial charge in [-0.25, -0.2) is 0 Å². The van der Waals surface area contributed by atoms with Crippen LogP contribution >= 0.6 is 0 Å². The Kier molecular flexibility index (Phi) is 4.90. The fourth-order valence-electron chi connectivity index (χ4n) is 1.70. The standard InChI is InChI=1S/C10H20N2O2/c1-8-7-11-5-3-9(8)12-10(13)4-6-14-2/h8-9,11H,3-7H2,1-2H3,(H,12,13). The van der Waals surface area contributed by atoms with Crippen LogP contribution in [-0.4, -0.2) is 38.8 Å². The Hall–Kier alpha value is -0.610. The Labute approximate surface area is 85.4 Å². The zero-order valence-corrected chi connectivity index (χ0v) is 9.01. The van der Waals surface area contributed by atoms with Crippen LogP contribution in [0, 0.1) is 5.92 Å². The molecule has 2 unspecified atom stereocenters. The van der Waals surface area contributed by atoms with Crippen molar-refractivity contribution in [2.24, 2.45) is 5.92 Å². The Morgan fingerprint density at radius 2 is 2.43 bits per heavy atom. The normalized spacial score (nSPS) is 27.3. The van der Waals surface area contributed by atoms with Gasteiger partial charge in [-0.3, -0.25) is 4.79 Å². The van der Waals surface area contributed by atoms with Gasteiger partial charge in [-0.05, 0) is 25.4 Å². The molecule has 0 bridgehead atoms. The van der Waals surface area contributed by atoms with Gasteiger partial charge >= 0.3 is 0 Å². The monoisotopic (exact) mass is 200 g/mol. The van der Waals surface area contributed by atoms with E-state index in [2.05, 4.69) is 17.6 Å². The first-order chi connectivity index (χ1) is 6.74. The molecule has 0 aromatic carbocycles. The summed E-state index contributed by atoms with van der Waals surface area (Å²) in [5.74, 6) is 0.626. The minimum absolute atomic E-state index is 0.102. The lowest BCUT2D eigenvalue weighted by Crippen LogP contribution is -2.48. The van der Waals surface area contributed by atoms with Crippen LogP contribution in [0.15, 0.2) is 0 Å². The molecule has 4 nitrogen and oxygen atoms in total. The third kappa shape index (κ3) is 3.64. The zero-order valence-electron chi connectivity index (χ0n) is 9.01. The molecule has 4 heteroatoms. The van der Waals surface area contributed by atoms with Gasteiger partial charge < -0.3 is 15.4 Å². The topological polar surface area (TPSA) is 50.4 Å². The molecule has 2 N–H and O–H groups in total. The Morgan fingerprint density at radius 3 is 3.07 bits per heavy atom. The first kappa shape index (κ1) is 11.5. The Bertz CT molecular complexity index is 185. The van der Waals surface area contributed by atoms with Crippen LogP contribution in [0.2, 0.25) is 0 Å². The lowest BCUT2D eigenvalue weighted by Gasteiger charge is -2.30. The molecule has 82 valence electrons. The molecular weight excluding hydrogens is 180 g/mol. The summed E-state index contributed by atoms with van der Waals surface area (Å²) in [5.41, 5.74) is 0. The summed E-state index contributed by atoms with van der Waals surface area (Å²) in [5, 5.41) is 6.35. The van der Waals surface area contributed by atoms with Crippen LogP contribution in [0.4, 0.5) is 0 Å². The van der Waals surface area contributed by atoms with Crippen LogP contribution < -0.4 is 10.6 Å². The molecule has 0 spiro atoms. The Morgan fingerprint density at radius 1 is 1.64 bits per heavy atom. The summed E-state index contributed by atoms with van der Waals surface area (Å²) in [4.78, 5) is 11.4. The highest BCUT2D eigenvalue weighted by Gasteiger charge is 2.21. The van der Waals surface area contributed by atoms with Crippen molar-refractivity contribution >= 4 is 5.91 Å². The van der Waals surface area contributed by atoms with E-state index in [1.165, 1.54) is 0 Å². The summed E-state index contributed by atoms with van der Waals surface area (Å²) >= 11 is 0. The van der Waals surface area contributed by atoms with Crippen LogP contribution in [0.1, 0.15) is 19.8 Å². The maximum Gasteiger partial charge on any atom is 0.222 e. The predicted molar refractivity (Wildman–Crippen MR) is 55.1 cm³/mol. The van der Waals surface area contributed by atoms with E-state index in [4.69, 9.17) is 4.74 Å². The summed E-state index contributed by atoms with van der Waals surface area (Å²) < 4.78 is 4.86. The van der Waals surface area contributed by atoms with E-state index in [1.54, 1.807) is 7.11 Å². The smallest absolute Gasteiger partial charge is 0.222 e. The minimum Gasteiger partial charge on any atom is -0.384 e. The predicted octanol–water partition coefficient (Wildman–Crippen LogP) is 0.137. The van der Waals surface area contributed by atoms with Crippen molar-refractivity contribution in [2.75, 3.05) is 26.8 Å².